The predicted octanol–water partition coefficient (Wildman–Crippen LogP) is 7.04. The third-order valence-electron chi connectivity index (χ3n) is 4.84. The van der Waals surface area contributed by atoms with Crippen LogP contribution in [-0.2, 0) is 17.8 Å². The topological polar surface area (TPSA) is 18.5 Å². The van der Waals surface area contributed by atoms with Gasteiger partial charge in [0.25, 0.3) is 0 Å². The van der Waals surface area contributed by atoms with E-state index in [1.165, 1.54) is 17.7 Å². The number of unbranched alkanes of at least 4 members (excludes halogenated alkanes) is 2. The molecule has 0 N–H and O–H groups in total. The van der Waals surface area contributed by atoms with E-state index in [0.717, 1.165) is 48.1 Å². The van der Waals surface area contributed by atoms with E-state index in [9.17, 15) is 4.39 Å². The zero-order valence-corrected chi connectivity index (χ0v) is 17.9. The molecule has 2 nitrogen and oxygen atoms in total. The van der Waals surface area contributed by atoms with Crippen molar-refractivity contribution in [3.8, 4) is 16.9 Å². The van der Waals surface area contributed by atoms with E-state index >= 15 is 0 Å². The van der Waals surface area contributed by atoms with Gasteiger partial charge in [0.1, 0.15) is 11.6 Å². The van der Waals surface area contributed by atoms with E-state index in [1.54, 1.807) is 12.1 Å². The number of halogens is 2. The normalized spacial score (nSPS) is 10.9. The van der Waals surface area contributed by atoms with Crippen LogP contribution in [0.2, 0.25) is 0 Å². The van der Waals surface area contributed by atoms with Crippen molar-refractivity contribution in [1.82, 2.24) is 0 Å². The molecule has 4 heteroatoms. The third-order valence-corrected chi connectivity index (χ3v) is 5.10. The fourth-order valence-electron chi connectivity index (χ4n) is 3.22. The summed E-state index contributed by atoms with van der Waals surface area (Å²) in [5.41, 5.74) is 4.29. The molecule has 0 saturated carbocycles. The van der Waals surface area contributed by atoms with Crippen LogP contribution < -0.4 is 4.74 Å². The smallest absolute Gasteiger partial charge is 0.123 e. The summed E-state index contributed by atoms with van der Waals surface area (Å²) in [5.74, 6) is 1.29. The van der Waals surface area contributed by atoms with Gasteiger partial charge in [-0.25, -0.2) is 4.39 Å². The summed E-state index contributed by atoms with van der Waals surface area (Å²) in [6.45, 7) is 1.88. The van der Waals surface area contributed by atoms with Crippen molar-refractivity contribution in [2.24, 2.45) is 0 Å². The molecule has 0 unspecified atom stereocenters. The Kier molecular flexibility index (Phi) is 9.20. The van der Waals surface area contributed by atoms with Crippen LogP contribution in [0, 0.1) is 5.82 Å². The van der Waals surface area contributed by atoms with Crippen LogP contribution in [0.3, 0.4) is 0 Å². The van der Waals surface area contributed by atoms with Crippen LogP contribution >= 0.6 is 11.6 Å². The van der Waals surface area contributed by atoms with E-state index < -0.39 is 0 Å². The maximum absolute atomic E-state index is 13.3. The average Bonchev–Trinajstić information content (AvgIpc) is 2.78. The van der Waals surface area contributed by atoms with Gasteiger partial charge in [0.2, 0.25) is 0 Å². The summed E-state index contributed by atoms with van der Waals surface area (Å²) in [5, 5.41) is 0. The first-order valence-corrected chi connectivity index (χ1v) is 11.0. The molecule has 3 rings (SSSR count). The summed E-state index contributed by atoms with van der Waals surface area (Å²) >= 11 is 5.74. The number of alkyl halides is 1. The zero-order valence-electron chi connectivity index (χ0n) is 17.2. The standard InChI is InChI=1S/C26H28ClFO2/c27-14-5-2-6-15-30-26-18-22(13-16-29-20-21-7-3-1-4-8-21)17-24(19-26)23-9-11-25(28)12-10-23/h1,3-4,7-12,17-19H,2,5-6,13-16,20H2. The minimum absolute atomic E-state index is 0.236. The highest BCUT2D eigenvalue weighted by atomic mass is 35.5. The Bertz CT molecular complexity index is 881. The highest BCUT2D eigenvalue weighted by molar-refractivity contribution is 6.17. The van der Waals surface area contributed by atoms with E-state index in [2.05, 4.69) is 24.3 Å². The summed E-state index contributed by atoms with van der Waals surface area (Å²) in [6, 6.07) is 22.9. The molecule has 0 aliphatic carbocycles. The molecule has 0 heterocycles. The second-order valence-electron chi connectivity index (χ2n) is 7.26. The summed E-state index contributed by atoms with van der Waals surface area (Å²) in [7, 11) is 0. The number of rotatable bonds is 12. The number of hydrogen-bond acceptors (Lipinski definition) is 2. The molecule has 3 aromatic rings. The first kappa shape index (κ1) is 22.3. The van der Waals surface area contributed by atoms with Crippen molar-refractivity contribution in [3.63, 3.8) is 0 Å². The van der Waals surface area contributed by atoms with E-state index in [-0.39, 0.29) is 5.82 Å². The Morgan fingerprint density at radius 3 is 2.30 bits per heavy atom. The molecule has 0 fully saturated rings. The van der Waals surface area contributed by atoms with Gasteiger partial charge in [-0.2, -0.15) is 0 Å². The minimum atomic E-state index is -0.236. The van der Waals surface area contributed by atoms with Crippen LogP contribution in [0.5, 0.6) is 5.75 Å². The van der Waals surface area contributed by atoms with E-state index in [0.29, 0.717) is 25.7 Å². The molecular weight excluding hydrogens is 399 g/mol. The molecule has 158 valence electrons. The van der Waals surface area contributed by atoms with Crippen LogP contribution in [-0.4, -0.2) is 19.1 Å². The Morgan fingerprint density at radius 1 is 0.733 bits per heavy atom. The highest BCUT2D eigenvalue weighted by Crippen LogP contribution is 2.27. The Labute approximate surface area is 183 Å². The molecule has 30 heavy (non-hydrogen) atoms. The molecule has 0 bridgehead atoms. The molecule has 0 atom stereocenters. The van der Waals surface area contributed by atoms with Gasteiger partial charge in [-0.05, 0) is 72.2 Å². The predicted molar refractivity (Wildman–Crippen MR) is 122 cm³/mol. The Balaban J connectivity index is 1.64. The van der Waals surface area contributed by atoms with Gasteiger partial charge < -0.3 is 9.47 Å². The molecule has 0 amide bonds. The molecule has 0 spiro atoms. The lowest BCUT2D eigenvalue weighted by Crippen LogP contribution is -2.02. The maximum atomic E-state index is 13.3. The molecule has 0 aromatic heterocycles. The van der Waals surface area contributed by atoms with Gasteiger partial charge in [0, 0.05) is 5.88 Å². The molecule has 0 saturated heterocycles. The van der Waals surface area contributed by atoms with Crippen LogP contribution in [0.1, 0.15) is 30.4 Å². The SMILES string of the molecule is Fc1ccc(-c2cc(CCOCc3ccccc3)cc(OCCCCCCl)c2)cc1. The van der Waals surface area contributed by atoms with Crippen molar-refractivity contribution in [1.29, 1.82) is 0 Å². The Hall–Kier alpha value is -2.36. The first-order valence-electron chi connectivity index (χ1n) is 10.4. The van der Waals surface area contributed by atoms with E-state index in [1.807, 2.05) is 24.3 Å². The second kappa shape index (κ2) is 12.4. The van der Waals surface area contributed by atoms with Gasteiger partial charge >= 0.3 is 0 Å². The molecular formula is C26H28ClFO2. The minimum Gasteiger partial charge on any atom is -0.494 e. The maximum Gasteiger partial charge on any atom is 0.123 e. The van der Waals surface area contributed by atoms with Gasteiger partial charge in [0.15, 0.2) is 0 Å². The van der Waals surface area contributed by atoms with Gasteiger partial charge in [-0.3, -0.25) is 0 Å². The molecule has 0 aliphatic heterocycles. The largest absolute Gasteiger partial charge is 0.494 e. The van der Waals surface area contributed by atoms with Gasteiger partial charge in [-0.1, -0.05) is 48.5 Å². The van der Waals surface area contributed by atoms with E-state index in [4.69, 9.17) is 21.1 Å². The lowest BCUT2D eigenvalue weighted by molar-refractivity contribution is 0.124. The van der Waals surface area contributed by atoms with Crippen LogP contribution in [0.15, 0.2) is 72.8 Å². The average molecular weight is 427 g/mol. The number of hydrogen-bond donors (Lipinski definition) is 0. The van der Waals surface area contributed by atoms with Crippen molar-refractivity contribution >= 4 is 11.6 Å². The number of benzene rings is 3. The summed E-state index contributed by atoms with van der Waals surface area (Å²) < 4.78 is 25.2. The number of ether oxygens (including phenoxy) is 2. The Morgan fingerprint density at radius 2 is 1.53 bits per heavy atom. The van der Waals surface area contributed by atoms with Crippen molar-refractivity contribution in [2.45, 2.75) is 32.3 Å². The monoisotopic (exact) mass is 426 g/mol. The van der Waals surface area contributed by atoms with Crippen LogP contribution in [0.4, 0.5) is 4.39 Å². The first-order chi connectivity index (χ1) is 14.7. The lowest BCUT2D eigenvalue weighted by Gasteiger charge is -2.12. The van der Waals surface area contributed by atoms with Crippen LogP contribution in [0.25, 0.3) is 11.1 Å². The molecule has 0 radical (unpaired) electrons. The quantitative estimate of drug-likeness (QED) is 0.228. The fraction of sp³-hybridized carbons (Fsp3) is 0.308. The summed E-state index contributed by atoms with van der Waals surface area (Å²) in [4.78, 5) is 0. The van der Waals surface area contributed by atoms with Gasteiger partial charge in [-0.15, -0.1) is 11.6 Å². The molecule has 0 aliphatic rings. The fourth-order valence-corrected chi connectivity index (χ4v) is 3.40. The van der Waals surface area contributed by atoms with Crippen molar-refractivity contribution in [2.75, 3.05) is 19.1 Å². The van der Waals surface area contributed by atoms with Crippen molar-refractivity contribution in [3.05, 3.63) is 89.7 Å². The molecule has 3 aromatic carbocycles. The van der Waals surface area contributed by atoms with Gasteiger partial charge in [0.05, 0.1) is 19.8 Å². The highest BCUT2D eigenvalue weighted by Gasteiger charge is 2.06. The zero-order chi connectivity index (χ0) is 21.0. The summed E-state index contributed by atoms with van der Waals surface area (Å²) in [6.07, 6.45) is 3.82. The second-order valence-corrected chi connectivity index (χ2v) is 7.64. The third kappa shape index (κ3) is 7.47. The van der Waals surface area contributed by atoms with Crippen molar-refractivity contribution < 1.29 is 13.9 Å². The lowest BCUT2D eigenvalue weighted by atomic mass is 10.0.